The van der Waals surface area contributed by atoms with E-state index in [1.165, 1.54) is 0 Å². The van der Waals surface area contributed by atoms with Gasteiger partial charge >= 0.3 is 0 Å². The molecule has 1 aromatic rings. The minimum absolute atomic E-state index is 0.589. The predicted molar refractivity (Wildman–Crippen MR) is 49.6 cm³/mol. The second-order valence-corrected chi connectivity index (χ2v) is 3.76. The molecule has 0 fully saturated rings. The maximum absolute atomic E-state index is 5.59. The number of nitrogen functional groups attached to an aromatic ring is 1. The van der Waals surface area contributed by atoms with Crippen molar-refractivity contribution in [1.82, 2.24) is 9.55 Å². The SMILES string of the molecule is CSC(C)Cn1ccnc1N. The lowest BCUT2D eigenvalue weighted by molar-refractivity contribution is 0.702. The normalized spacial score (nSPS) is 13.3. The van der Waals surface area contributed by atoms with Gasteiger partial charge in [0, 0.05) is 24.2 Å². The second-order valence-electron chi connectivity index (χ2n) is 2.48. The summed E-state index contributed by atoms with van der Waals surface area (Å²) in [4.78, 5) is 3.94. The maximum atomic E-state index is 5.59. The summed E-state index contributed by atoms with van der Waals surface area (Å²) in [6.45, 7) is 3.11. The number of nitrogens with two attached hydrogens (primary N) is 1. The van der Waals surface area contributed by atoms with E-state index in [0.29, 0.717) is 11.2 Å². The third-order valence-electron chi connectivity index (χ3n) is 1.60. The summed E-state index contributed by atoms with van der Waals surface area (Å²) in [5.41, 5.74) is 5.59. The van der Waals surface area contributed by atoms with Crippen LogP contribution in [-0.4, -0.2) is 21.1 Å². The minimum atomic E-state index is 0.589. The van der Waals surface area contributed by atoms with Gasteiger partial charge in [-0.1, -0.05) is 6.92 Å². The molecule has 0 aromatic carbocycles. The van der Waals surface area contributed by atoms with Gasteiger partial charge in [0.25, 0.3) is 0 Å². The minimum Gasteiger partial charge on any atom is -0.369 e. The molecule has 62 valence electrons. The van der Waals surface area contributed by atoms with Crippen molar-refractivity contribution < 1.29 is 0 Å². The standard InChI is InChI=1S/C7H13N3S/c1-6(11-2)5-10-4-3-9-7(10)8/h3-4,6H,5H2,1-2H3,(H2,8,9). The van der Waals surface area contributed by atoms with Crippen LogP contribution in [0.5, 0.6) is 0 Å². The van der Waals surface area contributed by atoms with Crippen LogP contribution >= 0.6 is 11.8 Å². The van der Waals surface area contributed by atoms with E-state index >= 15 is 0 Å². The Bertz CT molecular complexity index is 221. The van der Waals surface area contributed by atoms with E-state index in [2.05, 4.69) is 18.2 Å². The zero-order valence-corrected chi connectivity index (χ0v) is 7.64. The summed E-state index contributed by atoms with van der Waals surface area (Å²) >= 11 is 1.83. The van der Waals surface area contributed by atoms with Crippen LogP contribution in [0.1, 0.15) is 6.92 Å². The van der Waals surface area contributed by atoms with Crippen LogP contribution < -0.4 is 5.73 Å². The number of imidazole rings is 1. The van der Waals surface area contributed by atoms with Crippen molar-refractivity contribution in [3.8, 4) is 0 Å². The summed E-state index contributed by atoms with van der Waals surface area (Å²) < 4.78 is 1.96. The highest BCUT2D eigenvalue weighted by Crippen LogP contribution is 2.09. The number of nitrogens with zero attached hydrogens (tertiary/aromatic N) is 2. The highest BCUT2D eigenvalue weighted by molar-refractivity contribution is 7.99. The average Bonchev–Trinajstić information content (AvgIpc) is 2.37. The van der Waals surface area contributed by atoms with Crippen LogP contribution in [0, 0.1) is 0 Å². The molecule has 0 bridgehead atoms. The smallest absolute Gasteiger partial charge is 0.200 e. The van der Waals surface area contributed by atoms with Crippen molar-refractivity contribution in [3.05, 3.63) is 12.4 Å². The van der Waals surface area contributed by atoms with E-state index in [4.69, 9.17) is 5.73 Å². The fraction of sp³-hybridized carbons (Fsp3) is 0.571. The molecule has 0 saturated carbocycles. The molecule has 1 rings (SSSR count). The largest absolute Gasteiger partial charge is 0.369 e. The molecule has 11 heavy (non-hydrogen) atoms. The monoisotopic (exact) mass is 171 g/mol. The Labute approximate surface area is 71.0 Å². The van der Waals surface area contributed by atoms with Gasteiger partial charge in [-0.15, -0.1) is 0 Å². The number of thioether (sulfide) groups is 1. The second kappa shape index (κ2) is 3.67. The van der Waals surface area contributed by atoms with Crippen LogP contribution in [0.3, 0.4) is 0 Å². The van der Waals surface area contributed by atoms with Gasteiger partial charge in [0.1, 0.15) is 0 Å². The Hall–Kier alpha value is -0.640. The van der Waals surface area contributed by atoms with Crippen molar-refractivity contribution in [3.63, 3.8) is 0 Å². The average molecular weight is 171 g/mol. The molecule has 0 radical (unpaired) electrons. The van der Waals surface area contributed by atoms with Gasteiger partial charge in [0.05, 0.1) is 0 Å². The lowest BCUT2D eigenvalue weighted by Crippen LogP contribution is -2.10. The van der Waals surface area contributed by atoms with Crippen LogP contribution in [0.2, 0.25) is 0 Å². The first-order valence-corrected chi connectivity index (χ1v) is 4.82. The van der Waals surface area contributed by atoms with E-state index in [9.17, 15) is 0 Å². The number of hydrogen-bond acceptors (Lipinski definition) is 3. The van der Waals surface area contributed by atoms with E-state index in [1.807, 2.05) is 22.5 Å². The van der Waals surface area contributed by atoms with Crippen molar-refractivity contribution >= 4 is 17.7 Å². The highest BCUT2D eigenvalue weighted by Gasteiger charge is 2.02. The molecule has 4 heteroatoms. The van der Waals surface area contributed by atoms with E-state index in [-0.39, 0.29) is 0 Å². The van der Waals surface area contributed by atoms with Gasteiger partial charge < -0.3 is 10.3 Å². The molecule has 0 saturated heterocycles. The van der Waals surface area contributed by atoms with Crippen LogP contribution in [0.15, 0.2) is 12.4 Å². The van der Waals surface area contributed by atoms with Gasteiger partial charge in [-0.3, -0.25) is 0 Å². The molecular formula is C7H13N3S. The quantitative estimate of drug-likeness (QED) is 0.743. The Morgan fingerprint density at radius 2 is 2.55 bits per heavy atom. The number of anilines is 1. The molecule has 0 aliphatic heterocycles. The van der Waals surface area contributed by atoms with Gasteiger partial charge in [-0.2, -0.15) is 11.8 Å². The van der Waals surface area contributed by atoms with E-state index < -0.39 is 0 Å². The van der Waals surface area contributed by atoms with Gasteiger partial charge in [-0.05, 0) is 6.26 Å². The van der Waals surface area contributed by atoms with Crippen molar-refractivity contribution in [1.29, 1.82) is 0 Å². The van der Waals surface area contributed by atoms with Crippen LogP contribution in [0.25, 0.3) is 0 Å². The predicted octanol–water partition coefficient (Wildman–Crippen LogP) is 1.22. The topological polar surface area (TPSA) is 43.8 Å². The number of rotatable bonds is 3. The van der Waals surface area contributed by atoms with E-state index in [1.54, 1.807) is 6.20 Å². The van der Waals surface area contributed by atoms with E-state index in [0.717, 1.165) is 6.54 Å². The number of hydrogen-bond donors (Lipinski definition) is 1. The summed E-state index contributed by atoms with van der Waals surface area (Å²) in [5, 5.41) is 0.589. The third kappa shape index (κ3) is 2.15. The molecule has 0 aliphatic carbocycles. The third-order valence-corrected chi connectivity index (χ3v) is 2.56. The molecule has 1 atom stereocenters. The lowest BCUT2D eigenvalue weighted by atomic mass is 10.5. The first-order chi connectivity index (χ1) is 5.24. The molecule has 2 N–H and O–H groups in total. The first kappa shape index (κ1) is 8.46. The first-order valence-electron chi connectivity index (χ1n) is 3.53. The summed E-state index contributed by atoms with van der Waals surface area (Å²) in [7, 11) is 0. The Morgan fingerprint density at radius 3 is 3.00 bits per heavy atom. The maximum Gasteiger partial charge on any atom is 0.200 e. The molecule has 3 nitrogen and oxygen atoms in total. The summed E-state index contributed by atoms with van der Waals surface area (Å²) in [5.74, 6) is 0.603. The fourth-order valence-corrected chi connectivity index (χ4v) is 1.16. The fourth-order valence-electron chi connectivity index (χ4n) is 0.847. The Kier molecular flexibility index (Phi) is 2.82. The van der Waals surface area contributed by atoms with Crippen molar-refractivity contribution in [2.24, 2.45) is 0 Å². The zero-order valence-electron chi connectivity index (χ0n) is 6.82. The van der Waals surface area contributed by atoms with Crippen LogP contribution in [-0.2, 0) is 6.54 Å². The molecule has 1 unspecified atom stereocenters. The Balaban J connectivity index is 2.56. The number of aromatic nitrogens is 2. The lowest BCUT2D eigenvalue weighted by Gasteiger charge is -2.09. The molecular weight excluding hydrogens is 158 g/mol. The highest BCUT2D eigenvalue weighted by atomic mass is 32.2. The van der Waals surface area contributed by atoms with Crippen molar-refractivity contribution in [2.45, 2.75) is 18.7 Å². The van der Waals surface area contributed by atoms with Crippen LogP contribution in [0.4, 0.5) is 5.95 Å². The van der Waals surface area contributed by atoms with Gasteiger partial charge in [0.2, 0.25) is 0 Å². The molecule has 0 aliphatic rings. The molecule has 1 aromatic heterocycles. The Morgan fingerprint density at radius 1 is 1.82 bits per heavy atom. The zero-order chi connectivity index (χ0) is 8.27. The summed E-state index contributed by atoms with van der Waals surface area (Å²) in [6, 6.07) is 0. The van der Waals surface area contributed by atoms with Gasteiger partial charge in [0.15, 0.2) is 5.95 Å². The summed E-state index contributed by atoms with van der Waals surface area (Å²) in [6.07, 6.45) is 5.72. The van der Waals surface area contributed by atoms with Gasteiger partial charge in [-0.25, -0.2) is 4.98 Å². The molecule has 0 amide bonds. The molecule has 0 spiro atoms. The molecule has 1 heterocycles. The van der Waals surface area contributed by atoms with Crippen molar-refractivity contribution in [2.75, 3.05) is 12.0 Å².